The van der Waals surface area contributed by atoms with Crippen LogP contribution in [0.15, 0.2) is 47.5 Å². The summed E-state index contributed by atoms with van der Waals surface area (Å²) in [5.41, 5.74) is 2.26. The normalized spacial score (nSPS) is 11.2. The summed E-state index contributed by atoms with van der Waals surface area (Å²) in [5, 5.41) is 15.5. The fourth-order valence-electron chi connectivity index (χ4n) is 2.19. The second kappa shape index (κ2) is 8.88. The van der Waals surface area contributed by atoms with E-state index < -0.39 is 5.82 Å². The highest BCUT2D eigenvalue weighted by molar-refractivity contribution is 5.79. The van der Waals surface area contributed by atoms with E-state index in [0.717, 1.165) is 16.9 Å². The summed E-state index contributed by atoms with van der Waals surface area (Å²) in [7, 11) is 3.32. The lowest BCUT2D eigenvalue weighted by atomic mass is 10.1. The predicted octanol–water partition coefficient (Wildman–Crippen LogP) is 2.19. The van der Waals surface area contributed by atoms with Gasteiger partial charge in [-0.1, -0.05) is 18.2 Å². The molecule has 0 aliphatic rings. The first kappa shape index (κ1) is 17.7. The summed E-state index contributed by atoms with van der Waals surface area (Å²) >= 11 is 0. The summed E-state index contributed by atoms with van der Waals surface area (Å²) in [6.07, 6.45) is 0. The number of nitrogens with one attached hydrogen (secondary N) is 2. The summed E-state index contributed by atoms with van der Waals surface area (Å²) in [6.45, 7) is 0.786. The number of aliphatic hydroxyl groups excluding tert-OH is 1. The maximum atomic E-state index is 13.4. The number of hydrogen-bond acceptors (Lipinski definition) is 3. The zero-order valence-electron chi connectivity index (χ0n) is 13.8. The van der Waals surface area contributed by atoms with E-state index in [9.17, 15) is 4.39 Å². The Morgan fingerprint density at radius 1 is 1.08 bits per heavy atom. The van der Waals surface area contributed by atoms with Crippen molar-refractivity contribution in [3.63, 3.8) is 0 Å². The molecular formula is C18H22FN3O2. The van der Waals surface area contributed by atoms with Crippen LogP contribution in [0.5, 0.6) is 5.75 Å². The number of ether oxygens (including phenoxy) is 1. The molecule has 3 N–H and O–H groups in total. The van der Waals surface area contributed by atoms with Crippen LogP contribution in [0.1, 0.15) is 16.7 Å². The molecule has 24 heavy (non-hydrogen) atoms. The molecule has 5 nitrogen and oxygen atoms in total. The van der Waals surface area contributed by atoms with E-state index in [-0.39, 0.29) is 12.2 Å². The number of aliphatic hydroxyl groups is 1. The maximum absolute atomic E-state index is 13.4. The maximum Gasteiger partial charge on any atom is 0.191 e. The molecule has 0 atom stereocenters. The van der Waals surface area contributed by atoms with Crippen molar-refractivity contribution in [3.8, 4) is 5.75 Å². The highest BCUT2D eigenvalue weighted by Crippen LogP contribution is 2.11. The van der Waals surface area contributed by atoms with Crippen LogP contribution in [0.2, 0.25) is 0 Å². The predicted molar refractivity (Wildman–Crippen MR) is 92.4 cm³/mol. The first-order chi connectivity index (χ1) is 11.7. The average Bonchev–Trinajstić information content (AvgIpc) is 2.63. The average molecular weight is 331 g/mol. The molecule has 6 heteroatoms. The third-order valence-electron chi connectivity index (χ3n) is 3.58. The minimum Gasteiger partial charge on any atom is -0.497 e. The number of halogens is 1. The van der Waals surface area contributed by atoms with Crippen LogP contribution in [0.4, 0.5) is 4.39 Å². The van der Waals surface area contributed by atoms with Crippen LogP contribution in [0.25, 0.3) is 0 Å². The standard InChI is InChI=1S/C18H22FN3O2/c1-20-18(21-10-13-3-6-16(24-2)7-4-13)22-11-14-5-8-17(19)15(9-14)12-23/h3-9,23H,10-12H2,1-2H3,(H2,20,21,22). The second-order valence-corrected chi connectivity index (χ2v) is 5.21. The second-order valence-electron chi connectivity index (χ2n) is 5.21. The van der Waals surface area contributed by atoms with Crippen LogP contribution in [0, 0.1) is 5.82 Å². The van der Waals surface area contributed by atoms with Gasteiger partial charge in [-0.2, -0.15) is 0 Å². The number of guanidine groups is 1. The van der Waals surface area contributed by atoms with Crippen LogP contribution in [-0.2, 0) is 19.7 Å². The van der Waals surface area contributed by atoms with Gasteiger partial charge in [0.2, 0.25) is 0 Å². The lowest BCUT2D eigenvalue weighted by Gasteiger charge is -2.13. The van der Waals surface area contributed by atoms with Gasteiger partial charge in [-0.05, 0) is 35.4 Å². The summed E-state index contributed by atoms with van der Waals surface area (Å²) in [5.74, 6) is 1.06. The Labute approximate surface area is 141 Å². The molecule has 0 aliphatic heterocycles. The summed E-state index contributed by atoms with van der Waals surface area (Å²) < 4.78 is 18.5. The lowest BCUT2D eigenvalue weighted by molar-refractivity contribution is 0.275. The number of aliphatic imine (C=N–C) groups is 1. The molecule has 0 heterocycles. The molecule has 0 fully saturated rings. The van der Waals surface area contributed by atoms with Gasteiger partial charge >= 0.3 is 0 Å². The van der Waals surface area contributed by atoms with Crippen molar-refractivity contribution in [1.82, 2.24) is 10.6 Å². The van der Waals surface area contributed by atoms with E-state index in [4.69, 9.17) is 9.84 Å². The van der Waals surface area contributed by atoms with Gasteiger partial charge in [0.05, 0.1) is 13.7 Å². The molecule has 0 radical (unpaired) electrons. The minimum atomic E-state index is -0.400. The summed E-state index contributed by atoms with van der Waals surface area (Å²) in [4.78, 5) is 4.16. The fourth-order valence-corrected chi connectivity index (χ4v) is 2.19. The van der Waals surface area contributed by atoms with E-state index in [1.54, 1.807) is 26.3 Å². The molecule has 0 unspecified atom stereocenters. The molecule has 128 valence electrons. The number of methoxy groups -OCH3 is 1. The quantitative estimate of drug-likeness (QED) is 0.561. The highest BCUT2D eigenvalue weighted by Gasteiger charge is 2.04. The summed E-state index contributed by atoms with van der Waals surface area (Å²) in [6, 6.07) is 12.4. The number of nitrogens with zero attached hydrogens (tertiary/aromatic N) is 1. The molecule has 0 saturated heterocycles. The first-order valence-electron chi connectivity index (χ1n) is 7.62. The van der Waals surface area contributed by atoms with Gasteiger partial charge in [0, 0.05) is 25.7 Å². The molecule has 2 rings (SSSR count). The monoisotopic (exact) mass is 331 g/mol. The zero-order chi connectivity index (χ0) is 17.4. The molecule has 0 bridgehead atoms. The highest BCUT2D eigenvalue weighted by atomic mass is 19.1. The Balaban J connectivity index is 1.88. The van der Waals surface area contributed by atoms with Crippen LogP contribution >= 0.6 is 0 Å². The first-order valence-corrected chi connectivity index (χ1v) is 7.62. The van der Waals surface area contributed by atoms with E-state index in [1.165, 1.54) is 6.07 Å². The van der Waals surface area contributed by atoms with Crippen molar-refractivity contribution in [1.29, 1.82) is 0 Å². The lowest BCUT2D eigenvalue weighted by Crippen LogP contribution is -2.36. The van der Waals surface area contributed by atoms with Crippen molar-refractivity contribution < 1.29 is 14.2 Å². The Morgan fingerprint density at radius 2 is 1.71 bits per heavy atom. The molecule has 0 aliphatic carbocycles. The third kappa shape index (κ3) is 4.96. The minimum absolute atomic E-state index is 0.287. The molecule has 0 amide bonds. The molecule has 0 aromatic heterocycles. The molecule has 0 saturated carbocycles. The molecule has 2 aromatic carbocycles. The number of hydrogen-bond donors (Lipinski definition) is 3. The van der Waals surface area contributed by atoms with Crippen LogP contribution < -0.4 is 15.4 Å². The van der Waals surface area contributed by atoms with Gasteiger partial charge in [0.25, 0.3) is 0 Å². The Kier molecular flexibility index (Phi) is 6.57. The van der Waals surface area contributed by atoms with E-state index >= 15 is 0 Å². The molecular weight excluding hydrogens is 309 g/mol. The van der Waals surface area contributed by atoms with Gasteiger partial charge in [-0.3, -0.25) is 4.99 Å². The number of benzene rings is 2. The van der Waals surface area contributed by atoms with Crippen molar-refractivity contribution in [3.05, 3.63) is 65.0 Å². The van der Waals surface area contributed by atoms with E-state index in [0.29, 0.717) is 19.0 Å². The van der Waals surface area contributed by atoms with Crippen molar-refractivity contribution in [2.24, 2.45) is 4.99 Å². The van der Waals surface area contributed by atoms with Gasteiger partial charge in [-0.15, -0.1) is 0 Å². The van der Waals surface area contributed by atoms with Crippen LogP contribution in [-0.4, -0.2) is 25.2 Å². The van der Waals surface area contributed by atoms with E-state index in [1.807, 2.05) is 24.3 Å². The van der Waals surface area contributed by atoms with Gasteiger partial charge in [-0.25, -0.2) is 4.39 Å². The van der Waals surface area contributed by atoms with Gasteiger partial charge < -0.3 is 20.5 Å². The van der Waals surface area contributed by atoms with Crippen molar-refractivity contribution >= 4 is 5.96 Å². The molecule has 0 spiro atoms. The smallest absolute Gasteiger partial charge is 0.191 e. The zero-order valence-corrected chi connectivity index (χ0v) is 13.8. The SMILES string of the molecule is CN=C(NCc1ccc(OC)cc1)NCc1ccc(F)c(CO)c1. The molecule has 2 aromatic rings. The largest absolute Gasteiger partial charge is 0.497 e. The Bertz CT molecular complexity index is 687. The number of rotatable bonds is 6. The van der Waals surface area contributed by atoms with Crippen molar-refractivity contribution in [2.75, 3.05) is 14.2 Å². The van der Waals surface area contributed by atoms with Gasteiger partial charge in [0.15, 0.2) is 5.96 Å². The van der Waals surface area contributed by atoms with Crippen molar-refractivity contribution in [2.45, 2.75) is 19.7 Å². The van der Waals surface area contributed by atoms with E-state index in [2.05, 4.69) is 15.6 Å². The van der Waals surface area contributed by atoms with Crippen LogP contribution in [0.3, 0.4) is 0 Å². The van der Waals surface area contributed by atoms with Gasteiger partial charge in [0.1, 0.15) is 11.6 Å². The Hall–Kier alpha value is -2.60. The Morgan fingerprint density at radius 3 is 2.29 bits per heavy atom. The topological polar surface area (TPSA) is 65.9 Å². The fraction of sp³-hybridized carbons (Fsp3) is 0.278. The third-order valence-corrected chi connectivity index (χ3v) is 3.58.